The van der Waals surface area contributed by atoms with Crippen molar-refractivity contribution >= 4 is 0 Å². The molecule has 0 saturated carbocycles. The van der Waals surface area contributed by atoms with Gasteiger partial charge in [-0.1, -0.05) is 42.5 Å². The second-order valence-electron chi connectivity index (χ2n) is 5.08. The van der Waals surface area contributed by atoms with Gasteiger partial charge in [-0.25, -0.2) is 0 Å². The summed E-state index contributed by atoms with van der Waals surface area (Å²) >= 11 is 0. The highest BCUT2D eigenvalue weighted by molar-refractivity contribution is 5.28. The molecule has 0 bridgehead atoms. The summed E-state index contributed by atoms with van der Waals surface area (Å²) in [6, 6.07) is 20.3. The van der Waals surface area contributed by atoms with Crippen LogP contribution in [0, 0.1) is 11.3 Å². The third-order valence-electron chi connectivity index (χ3n) is 3.30. The van der Waals surface area contributed by atoms with Crippen molar-refractivity contribution in [3.05, 3.63) is 65.7 Å². The van der Waals surface area contributed by atoms with Gasteiger partial charge in [-0.2, -0.15) is 5.26 Å². The molecule has 0 aromatic heterocycles. The normalized spacial score (nSPS) is 11.6. The molecular formula is C18H20N2O. The summed E-state index contributed by atoms with van der Waals surface area (Å²) in [5, 5.41) is 8.55. The number of ether oxygens (including phenoxy) is 1. The van der Waals surface area contributed by atoms with E-state index in [2.05, 4.69) is 6.07 Å². The lowest BCUT2D eigenvalue weighted by atomic mass is 10.0. The van der Waals surface area contributed by atoms with Crippen LogP contribution in [0.15, 0.2) is 54.6 Å². The summed E-state index contributed by atoms with van der Waals surface area (Å²) in [7, 11) is 0. The van der Waals surface area contributed by atoms with Gasteiger partial charge in [0.05, 0.1) is 6.07 Å². The van der Waals surface area contributed by atoms with E-state index in [-0.39, 0.29) is 6.04 Å². The van der Waals surface area contributed by atoms with Crippen molar-refractivity contribution in [3.8, 4) is 11.8 Å². The molecule has 0 amide bonds. The van der Waals surface area contributed by atoms with Gasteiger partial charge in [-0.05, 0) is 36.1 Å². The average molecular weight is 280 g/mol. The third kappa shape index (κ3) is 5.29. The second kappa shape index (κ2) is 8.08. The van der Waals surface area contributed by atoms with E-state index in [1.165, 1.54) is 5.56 Å². The summed E-state index contributed by atoms with van der Waals surface area (Å²) in [5.74, 6) is 0.855. The Kier molecular flexibility index (Phi) is 5.81. The van der Waals surface area contributed by atoms with E-state index in [0.717, 1.165) is 24.2 Å². The van der Waals surface area contributed by atoms with Gasteiger partial charge in [0.2, 0.25) is 0 Å². The zero-order valence-electron chi connectivity index (χ0n) is 12.0. The highest BCUT2D eigenvalue weighted by Crippen LogP contribution is 2.15. The first-order valence-corrected chi connectivity index (χ1v) is 7.16. The molecule has 0 aliphatic heterocycles. The Bertz CT molecular complexity index is 572. The van der Waals surface area contributed by atoms with Crippen LogP contribution in [0.2, 0.25) is 0 Å². The molecule has 0 radical (unpaired) electrons. The number of hydrogen-bond donors (Lipinski definition) is 1. The van der Waals surface area contributed by atoms with E-state index in [4.69, 9.17) is 15.7 Å². The fraction of sp³-hybridized carbons (Fsp3) is 0.278. The van der Waals surface area contributed by atoms with Crippen molar-refractivity contribution in [1.82, 2.24) is 0 Å². The van der Waals surface area contributed by atoms with Crippen molar-refractivity contribution in [2.75, 3.05) is 0 Å². The average Bonchev–Trinajstić information content (AvgIpc) is 2.53. The van der Waals surface area contributed by atoms with Gasteiger partial charge >= 0.3 is 0 Å². The van der Waals surface area contributed by atoms with E-state index in [9.17, 15) is 0 Å². The van der Waals surface area contributed by atoms with Crippen molar-refractivity contribution in [3.63, 3.8) is 0 Å². The Morgan fingerprint density at radius 1 is 1.00 bits per heavy atom. The van der Waals surface area contributed by atoms with Gasteiger partial charge in [0.15, 0.2) is 0 Å². The molecule has 2 rings (SSSR count). The van der Waals surface area contributed by atoms with Crippen molar-refractivity contribution < 1.29 is 4.74 Å². The van der Waals surface area contributed by atoms with Crippen LogP contribution in [0.4, 0.5) is 0 Å². The second-order valence-corrected chi connectivity index (χ2v) is 5.08. The predicted octanol–water partition coefficient (Wildman–Crippen LogP) is 3.44. The molecule has 1 unspecified atom stereocenters. The largest absolute Gasteiger partial charge is 0.489 e. The van der Waals surface area contributed by atoms with E-state index >= 15 is 0 Å². The first-order chi connectivity index (χ1) is 10.3. The molecular weight excluding hydrogens is 260 g/mol. The topological polar surface area (TPSA) is 59.0 Å². The van der Waals surface area contributed by atoms with Crippen LogP contribution < -0.4 is 10.5 Å². The fourth-order valence-corrected chi connectivity index (χ4v) is 2.12. The smallest absolute Gasteiger partial charge is 0.119 e. The van der Waals surface area contributed by atoms with Gasteiger partial charge in [0.25, 0.3) is 0 Å². The summed E-state index contributed by atoms with van der Waals surface area (Å²) < 4.78 is 5.74. The molecule has 21 heavy (non-hydrogen) atoms. The molecule has 0 aliphatic carbocycles. The number of nitrogens with zero attached hydrogens (tertiary/aromatic N) is 1. The monoisotopic (exact) mass is 280 g/mol. The fourth-order valence-electron chi connectivity index (χ4n) is 2.12. The van der Waals surface area contributed by atoms with E-state index < -0.39 is 0 Å². The Labute approximate surface area is 126 Å². The van der Waals surface area contributed by atoms with Gasteiger partial charge in [-0.15, -0.1) is 0 Å². The van der Waals surface area contributed by atoms with E-state index in [1.807, 2.05) is 54.6 Å². The van der Waals surface area contributed by atoms with Crippen LogP contribution in [0.3, 0.4) is 0 Å². The van der Waals surface area contributed by atoms with Crippen molar-refractivity contribution in [2.45, 2.75) is 31.9 Å². The van der Waals surface area contributed by atoms with Gasteiger partial charge < -0.3 is 10.5 Å². The standard InChI is InChI=1S/C18H20N2O/c19-12-4-7-17(20)13-15-8-10-18(11-9-15)21-14-16-5-2-1-3-6-16/h1-3,5-6,8-11,17H,4,7,13-14,20H2. The minimum absolute atomic E-state index is 0.0423. The lowest BCUT2D eigenvalue weighted by Crippen LogP contribution is -2.22. The van der Waals surface area contributed by atoms with Gasteiger partial charge in [0, 0.05) is 12.5 Å². The Hall–Kier alpha value is -2.31. The predicted molar refractivity (Wildman–Crippen MR) is 83.7 cm³/mol. The molecule has 0 heterocycles. The summed E-state index contributed by atoms with van der Waals surface area (Å²) in [4.78, 5) is 0. The quantitative estimate of drug-likeness (QED) is 0.845. The highest BCUT2D eigenvalue weighted by atomic mass is 16.5. The molecule has 108 valence electrons. The molecule has 2 aromatic carbocycles. The van der Waals surface area contributed by atoms with E-state index in [1.54, 1.807) is 0 Å². The molecule has 2 aromatic rings. The first-order valence-electron chi connectivity index (χ1n) is 7.16. The maximum atomic E-state index is 8.55. The molecule has 0 spiro atoms. The van der Waals surface area contributed by atoms with Crippen LogP contribution in [-0.4, -0.2) is 6.04 Å². The summed E-state index contributed by atoms with van der Waals surface area (Å²) in [5.41, 5.74) is 8.31. The van der Waals surface area contributed by atoms with Crippen LogP contribution in [0.5, 0.6) is 5.75 Å². The number of nitrogens with two attached hydrogens (primary N) is 1. The molecule has 2 N–H and O–H groups in total. The van der Waals surface area contributed by atoms with Crippen molar-refractivity contribution in [1.29, 1.82) is 5.26 Å². The molecule has 0 aliphatic rings. The van der Waals surface area contributed by atoms with Crippen LogP contribution in [0.1, 0.15) is 24.0 Å². The van der Waals surface area contributed by atoms with E-state index in [0.29, 0.717) is 13.0 Å². The molecule has 3 nitrogen and oxygen atoms in total. The minimum Gasteiger partial charge on any atom is -0.489 e. The highest BCUT2D eigenvalue weighted by Gasteiger charge is 2.04. The van der Waals surface area contributed by atoms with Crippen LogP contribution in [0.25, 0.3) is 0 Å². The van der Waals surface area contributed by atoms with Gasteiger partial charge in [0.1, 0.15) is 12.4 Å². The van der Waals surface area contributed by atoms with Gasteiger partial charge in [-0.3, -0.25) is 0 Å². The zero-order valence-corrected chi connectivity index (χ0v) is 12.0. The lowest BCUT2D eigenvalue weighted by Gasteiger charge is -2.11. The van der Waals surface area contributed by atoms with Crippen LogP contribution in [-0.2, 0) is 13.0 Å². The first kappa shape index (κ1) is 15.1. The molecule has 0 saturated heterocycles. The third-order valence-corrected chi connectivity index (χ3v) is 3.30. The number of rotatable bonds is 7. The van der Waals surface area contributed by atoms with Crippen LogP contribution >= 0.6 is 0 Å². The lowest BCUT2D eigenvalue weighted by molar-refractivity contribution is 0.306. The summed E-state index contributed by atoms with van der Waals surface area (Å²) in [6.07, 6.45) is 2.04. The minimum atomic E-state index is 0.0423. The molecule has 0 fully saturated rings. The number of benzene rings is 2. The van der Waals surface area contributed by atoms with Crippen molar-refractivity contribution in [2.24, 2.45) is 5.73 Å². The summed E-state index contributed by atoms with van der Waals surface area (Å²) in [6.45, 7) is 0.571. The zero-order chi connectivity index (χ0) is 14.9. The number of hydrogen-bond acceptors (Lipinski definition) is 3. The molecule has 1 atom stereocenters. The number of nitriles is 1. The Morgan fingerprint density at radius 3 is 2.38 bits per heavy atom. The maximum absolute atomic E-state index is 8.55. The molecule has 3 heteroatoms. The SMILES string of the molecule is N#CCCC(N)Cc1ccc(OCc2ccccc2)cc1. The Morgan fingerprint density at radius 2 is 1.71 bits per heavy atom. The Balaban J connectivity index is 1.83. The maximum Gasteiger partial charge on any atom is 0.119 e.